The van der Waals surface area contributed by atoms with Crippen LogP contribution in [0.1, 0.15) is 33.6 Å². The van der Waals surface area contributed by atoms with Crippen LogP contribution in [0.5, 0.6) is 5.75 Å². The van der Waals surface area contributed by atoms with Gasteiger partial charge in [0.1, 0.15) is 11.4 Å². The number of carbonyl (C=O) groups excluding carboxylic acids is 2. The van der Waals surface area contributed by atoms with E-state index >= 15 is 0 Å². The standard InChI is InChI=1S/C18H25NO5S/c1-18(2,3)24-17(21)19-11-9-13(10-12-19)16(20)23-14-5-7-15(8-6-14)25(4)22/h5-8,13H,9-12H2,1-4H3/t25-/m0/s1. The highest BCUT2D eigenvalue weighted by atomic mass is 32.2. The van der Waals surface area contributed by atoms with Crippen LogP contribution in [0.3, 0.4) is 0 Å². The molecule has 25 heavy (non-hydrogen) atoms. The lowest BCUT2D eigenvalue weighted by Crippen LogP contribution is -2.43. The zero-order valence-corrected chi connectivity index (χ0v) is 15.9. The van der Waals surface area contributed by atoms with Crippen molar-refractivity contribution in [3.05, 3.63) is 24.3 Å². The molecule has 1 fully saturated rings. The molecule has 1 saturated heterocycles. The molecule has 0 bridgehead atoms. The van der Waals surface area contributed by atoms with E-state index in [0.29, 0.717) is 36.6 Å². The van der Waals surface area contributed by atoms with Crippen molar-refractivity contribution >= 4 is 22.9 Å². The second kappa shape index (κ2) is 7.99. The van der Waals surface area contributed by atoms with E-state index in [1.54, 1.807) is 35.4 Å². The van der Waals surface area contributed by atoms with E-state index in [0.717, 1.165) is 0 Å². The molecule has 0 aromatic heterocycles. The van der Waals surface area contributed by atoms with Crippen LogP contribution >= 0.6 is 0 Å². The van der Waals surface area contributed by atoms with Gasteiger partial charge in [0.15, 0.2) is 0 Å². The minimum Gasteiger partial charge on any atom is -0.444 e. The van der Waals surface area contributed by atoms with Gasteiger partial charge in [-0.05, 0) is 57.9 Å². The predicted molar refractivity (Wildman–Crippen MR) is 94.9 cm³/mol. The molecule has 1 aliphatic rings. The fourth-order valence-electron chi connectivity index (χ4n) is 2.52. The van der Waals surface area contributed by atoms with Crippen LogP contribution in [-0.2, 0) is 20.3 Å². The summed E-state index contributed by atoms with van der Waals surface area (Å²) in [5, 5.41) is 0. The second-order valence-corrected chi connectivity index (χ2v) is 8.47. The molecule has 0 N–H and O–H groups in total. The summed E-state index contributed by atoms with van der Waals surface area (Å²) in [6, 6.07) is 6.66. The smallest absolute Gasteiger partial charge is 0.410 e. The van der Waals surface area contributed by atoms with Gasteiger partial charge in [-0.1, -0.05) is 0 Å². The van der Waals surface area contributed by atoms with Gasteiger partial charge in [-0.25, -0.2) is 4.79 Å². The summed E-state index contributed by atoms with van der Waals surface area (Å²) >= 11 is 0. The van der Waals surface area contributed by atoms with E-state index in [1.807, 2.05) is 20.8 Å². The third kappa shape index (κ3) is 5.85. The largest absolute Gasteiger partial charge is 0.444 e. The Kier molecular flexibility index (Phi) is 6.21. The summed E-state index contributed by atoms with van der Waals surface area (Å²) < 4.78 is 22.1. The molecular weight excluding hydrogens is 342 g/mol. The van der Waals surface area contributed by atoms with E-state index < -0.39 is 16.4 Å². The first-order valence-electron chi connectivity index (χ1n) is 8.29. The summed E-state index contributed by atoms with van der Waals surface area (Å²) in [6.45, 7) is 6.43. The highest BCUT2D eigenvalue weighted by Crippen LogP contribution is 2.22. The summed E-state index contributed by atoms with van der Waals surface area (Å²) in [4.78, 5) is 26.6. The Labute approximate surface area is 150 Å². The number of ether oxygens (including phenoxy) is 2. The SMILES string of the molecule is C[S@](=O)c1ccc(OC(=O)C2CCN(C(=O)OC(C)(C)C)CC2)cc1. The Balaban J connectivity index is 1.84. The van der Waals surface area contributed by atoms with Gasteiger partial charge >= 0.3 is 12.1 Å². The van der Waals surface area contributed by atoms with Crippen molar-refractivity contribution in [2.45, 2.75) is 44.1 Å². The molecule has 1 aromatic rings. The predicted octanol–water partition coefficient (Wildman–Crippen LogP) is 2.98. The van der Waals surface area contributed by atoms with Gasteiger partial charge in [0.2, 0.25) is 0 Å². The quantitative estimate of drug-likeness (QED) is 0.607. The fraction of sp³-hybridized carbons (Fsp3) is 0.556. The first-order chi connectivity index (χ1) is 11.7. The van der Waals surface area contributed by atoms with Gasteiger partial charge in [-0.3, -0.25) is 9.00 Å². The van der Waals surface area contributed by atoms with E-state index in [9.17, 15) is 13.8 Å². The maximum absolute atomic E-state index is 12.3. The molecule has 1 aliphatic heterocycles. The highest BCUT2D eigenvalue weighted by Gasteiger charge is 2.30. The van der Waals surface area contributed by atoms with Crippen molar-refractivity contribution in [1.82, 2.24) is 4.90 Å². The number of rotatable bonds is 3. The van der Waals surface area contributed by atoms with Crippen LogP contribution in [0.15, 0.2) is 29.2 Å². The molecule has 138 valence electrons. The molecule has 1 heterocycles. The number of amides is 1. The first-order valence-corrected chi connectivity index (χ1v) is 9.84. The third-order valence-corrected chi connectivity index (χ3v) is 4.79. The number of benzene rings is 1. The monoisotopic (exact) mass is 367 g/mol. The molecule has 1 aromatic carbocycles. The summed E-state index contributed by atoms with van der Waals surface area (Å²) in [5.41, 5.74) is -0.527. The molecular formula is C18H25NO5S. The third-order valence-electron chi connectivity index (χ3n) is 3.85. The first kappa shape index (κ1) is 19.4. The van der Waals surface area contributed by atoms with Crippen molar-refractivity contribution < 1.29 is 23.3 Å². The van der Waals surface area contributed by atoms with Gasteiger partial charge in [-0.2, -0.15) is 0 Å². The van der Waals surface area contributed by atoms with Gasteiger partial charge in [-0.15, -0.1) is 0 Å². The Bertz CT molecular complexity index is 642. The minimum atomic E-state index is -1.06. The normalized spacial score (nSPS) is 17.0. The van der Waals surface area contributed by atoms with Crippen LogP contribution < -0.4 is 4.74 Å². The number of carbonyl (C=O) groups is 2. The molecule has 0 unspecified atom stereocenters. The van der Waals surface area contributed by atoms with Crippen molar-refractivity contribution in [2.24, 2.45) is 5.92 Å². The van der Waals surface area contributed by atoms with E-state index in [1.165, 1.54) is 0 Å². The number of hydrogen-bond donors (Lipinski definition) is 0. The molecule has 2 rings (SSSR count). The fourth-order valence-corrected chi connectivity index (χ4v) is 3.04. The molecule has 0 radical (unpaired) electrons. The summed E-state index contributed by atoms with van der Waals surface area (Å²) in [7, 11) is -1.06. The second-order valence-electron chi connectivity index (χ2n) is 7.09. The maximum atomic E-state index is 12.3. The number of nitrogens with zero attached hydrogens (tertiary/aromatic N) is 1. The zero-order chi connectivity index (χ0) is 18.6. The molecule has 6 nitrogen and oxygen atoms in total. The van der Waals surface area contributed by atoms with Crippen LogP contribution in [-0.4, -0.2) is 46.1 Å². The number of piperidine rings is 1. The lowest BCUT2D eigenvalue weighted by Gasteiger charge is -2.32. The summed E-state index contributed by atoms with van der Waals surface area (Å²) in [5.74, 6) is -0.0957. The van der Waals surface area contributed by atoms with Crippen LogP contribution in [0.2, 0.25) is 0 Å². The Morgan fingerprint density at radius 2 is 1.68 bits per heavy atom. The molecule has 0 spiro atoms. The Morgan fingerprint density at radius 1 is 1.12 bits per heavy atom. The molecule has 7 heteroatoms. The number of hydrogen-bond acceptors (Lipinski definition) is 5. The molecule has 1 amide bonds. The van der Waals surface area contributed by atoms with Crippen molar-refractivity contribution in [2.75, 3.05) is 19.3 Å². The van der Waals surface area contributed by atoms with Crippen LogP contribution in [0.25, 0.3) is 0 Å². The zero-order valence-electron chi connectivity index (χ0n) is 15.1. The average molecular weight is 367 g/mol. The van der Waals surface area contributed by atoms with Gasteiger partial charge in [0, 0.05) is 35.0 Å². The lowest BCUT2D eigenvalue weighted by molar-refractivity contribution is -0.140. The Hall–Kier alpha value is -1.89. The van der Waals surface area contributed by atoms with E-state index in [2.05, 4.69) is 0 Å². The van der Waals surface area contributed by atoms with E-state index in [-0.39, 0.29) is 18.0 Å². The Morgan fingerprint density at radius 3 is 2.16 bits per heavy atom. The van der Waals surface area contributed by atoms with E-state index in [4.69, 9.17) is 9.47 Å². The maximum Gasteiger partial charge on any atom is 0.410 e. The van der Waals surface area contributed by atoms with Crippen molar-refractivity contribution in [3.63, 3.8) is 0 Å². The van der Waals surface area contributed by atoms with Gasteiger partial charge in [0.05, 0.1) is 5.92 Å². The van der Waals surface area contributed by atoms with Crippen LogP contribution in [0, 0.1) is 5.92 Å². The lowest BCUT2D eigenvalue weighted by atomic mass is 9.97. The van der Waals surface area contributed by atoms with Gasteiger partial charge < -0.3 is 14.4 Å². The average Bonchev–Trinajstić information content (AvgIpc) is 2.54. The number of likely N-dealkylation sites (tertiary alicyclic amines) is 1. The highest BCUT2D eigenvalue weighted by molar-refractivity contribution is 7.84. The molecule has 1 atom stereocenters. The minimum absolute atomic E-state index is 0.237. The van der Waals surface area contributed by atoms with Crippen LogP contribution in [0.4, 0.5) is 4.79 Å². The van der Waals surface area contributed by atoms with Gasteiger partial charge in [0.25, 0.3) is 0 Å². The molecule has 0 saturated carbocycles. The summed E-state index contributed by atoms with van der Waals surface area (Å²) in [6.07, 6.45) is 2.35. The topological polar surface area (TPSA) is 72.9 Å². The van der Waals surface area contributed by atoms with Crippen molar-refractivity contribution in [3.8, 4) is 5.75 Å². The molecule has 0 aliphatic carbocycles. The van der Waals surface area contributed by atoms with Crippen molar-refractivity contribution in [1.29, 1.82) is 0 Å². The number of esters is 1.